The lowest BCUT2D eigenvalue weighted by atomic mass is 10.0. The molecule has 200 valence electrons. The normalized spacial score (nSPS) is 17.4. The van der Waals surface area contributed by atoms with Crippen molar-refractivity contribution in [3.05, 3.63) is 75.4 Å². The molecule has 1 amide bonds. The van der Waals surface area contributed by atoms with E-state index >= 15 is 0 Å². The van der Waals surface area contributed by atoms with Gasteiger partial charge in [0.05, 0.1) is 36.1 Å². The molecule has 38 heavy (non-hydrogen) atoms. The van der Waals surface area contributed by atoms with Crippen LogP contribution in [0.15, 0.2) is 48.7 Å². The van der Waals surface area contributed by atoms with Crippen molar-refractivity contribution in [2.75, 3.05) is 31.7 Å². The Kier molecular flexibility index (Phi) is 8.42. The smallest absolute Gasteiger partial charge is 0.254 e. The summed E-state index contributed by atoms with van der Waals surface area (Å²) in [6, 6.07) is 12.3. The Morgan fingerprint density at radius 2 is 1.97 bits per heavy atom. The molecule has 0 aliphatic carbocycles. The zero-order valence-electron chi connectivity index (χ0n) is 20.6. The van der Waals surface area contributed by atoms with Crippen LogP contribution in [0.2, 0.25) is 10.0 Å². The van der Waals surface area contributed by atoms with Crippen LogP contribution in [0, 0.1) is 0 Å². The molecule has 3 heterocycles. The van der Waals surface area contributed by atoms with Crippen LogP contribution in [0.3, 0.4) is 0 Å². The molecule has 0 bridgehead atoms. The molecule has 2 aromatic carbocycles. The number of anilines is 1. The lowest BCUT2D eigenvalue weighted by molar-refractivity contribution is 0.0496. The fourth-order valence-electron chi connectivity index (χ4n) is 4.79. The molecule has 1 unspecified atom stereocenters. The van der Waals surface area contributed by atoms with Gasteiger partial charge in [-0.05, 0) is 42.2 Å². The third-order valence-electron chi connectivity index (χ3n) is 6.78. The summed E-state index contributed by atoms with van der Waals surface area (Å²) in [5, 5.41) is 27.7. The van der Waals surface area contributed by atoms with Gasteiger partial charge >= 0.3 is 0 Å². The second-order valence-electron chi connectivity index (χ2n) is 9.45. The van der Waals surface area contributed by atoms with Gasteiger partial charge in [-0.25, -0.2) is 9.97 Å². The van der Waals surface area contributed by atoms with Crippen LogP contribution in [0.25, 0.3) is 11.3 Å². The topological polar surface area (TPSA) is 120 Å². The Balaban J connectivity index is 1.27. The van der Waals surface area contributed by atoms with Crippen LogP contribution in [0.4, 0.5) is 5.95 Å². The fourth-order valence-corrected chi connectivity index (χ4v) is 5.19. The minimum absolute atomic E-state index is 0.0490. The number of hydrogen-bond donors (Lipinski definition) is 4. The second kappa shape index (κ2) is 11.9. The van der Waals surface area contributed by atoms with Crippen LogP contribution in [-0.4, -0.2) is 69.6 Å². The summed E-state index contributed by atoms with van der Waals surface area (Å²) in [7, 11) is 0. The molecule has 5 rings (SSSR count). The number of amides is 1. The average Bonchev–Trinajstić information content (AvgIpc) is 3.23. The molecule has 0 radical (unpaired) electrons. The lowest BCUT2D eigenvalue weighted by Gasteiger charge is -2.25. The maximum atomic E-state index is 13.2. The minimum atomic E-state index is -1.06. The Hall–Kier alpha value is -2.79. The highest BCUT2D eigenvalue weighted by atomic mass is 35.5. The van der Waals surface area contributed by atoms with E-state index in [1.165, 1.54) is 0 Å². The minimum Gasteiger partial charge on any atom is -0.394 e. The molecule has 0 spiro atoms. The Labute approximate surface area is 230 Å². The number of rotatable bonds is 9. The molecular weight excluding hydrogens is 529 g/mol. The number of hydrogen-bond acceptors (Lipinski definition) is 8. The van der Waals surface area contributed by atoms with Crippen molar-refractivity contribution in [3.8, 4) is 11.3 Å². The number of nitrogens with one attached hydrogen (secondary N) is 2. The van der Waals surface area contributed by atoms with Crippen molar-refractivity contribution in [2.24, 2.45) is 0 Å². The summed E-state index contributed by atoms with van der Waals surface area (Å²) in [6.07, 6.45) is 2.26. The van der Waals surface area contributed by atoms with Crippen LogP contribution in [0.1, 0.15) is 40.4 Å². The Morgan fingerprint density at radius 1 is 1.16 bits per heavy atom. The standard InChI is InChI=1S/C27H29Cl2N5O4/c28-19-3-1-2-16(10-19)23(15-35)32-24(36)14-34-13-18-5-4-17(11-21(18)26(34)37)25-22(29)12-30-27(33-25)31-20-6-8-38-9-7-20/h1-5,10-12,20,23-24,32,35-36H,6-9,13-15H2,(H,30,31,33)/t23-,24?/m1/s1. The number of carbonyl (C=O) groups is 1. The van der Waals surface area contributed by atoms with Crippen molar-refractivity contribution >= 4 is 35.1 Å². The van der Waals surface area contributed by atoms with Gasteiger partial charge < -0.3 is 25.2 Å². The molecule has 1 saturated heterocycles. The van der Waals surface area contributed by atoms with Gasteiger partial charge in [0.25, 0.3) is 5.91 Å². The number of nitrogens with zero attached hydrogens (tertiary/aromatic N) is 3. The first-order chi connectivity index (χ1) is 18.4. The number of aromatic nitrogens is 2. The molecule has 1 fully saturated rings. The molecule has 0 saturated carbocycles. The molecule has 1 aromatic heterocycles. The van der Waals surface area contributed by atoms with Gasteiger partial charge in [0, 0.05) is 41.9 Å². The van der Waals surface area contributed by atoms with E-state index < -0.39 is 12.3 Å². The van der Waals surface area contributed by atoms with E-state index in [4.69, 9.17) is 27.9 Å². The van der Waals surface area contributed by atoms with Gasteiger partial charge in [-0.3, -0.25) is 10.1 Å². The van der Waals surface area contributed by atoms with Crippen molar-refractivity contribution in [1.29, 1.82) is 0 Å². The maximum Gasteiger partial charge on any atom is 0.254 e. The number of fused-ring (bicyclic) bond motifs is 1. The predicted molar refractivity (Wildman–Crippen MR) is 145 cm³/mol. The van der Waals surface area contributed by atoms with Crippen LogP contribution in [0.5, 0.6) is 0 Å². The Bertz CT molecular complexity index is 1300. The quantitative estimate of drug-likeness (QED) is 0.294. The second-order valence-corrected chi connectivity index (χ2v) is 10.3. The van der Waals surface area contributed by atoms with E-state index in [-0.39, 0.29) is 25.1 Å². The van der Waals surface area contributed by atoms with Gasteiger partial charge in [-0.2, -0.15) is 0 Å². The highest BCUT2D eigenvalue weighted by Gasteiger charge is 2.30. The molecule has 2 atom stereocenters. The molecule has 9 nitrogen and oxygen atoms in total. The zero-order chi connectivity index (χ0) is 26.6. The molecule has 11 heteroatoms. The number of benzene rings is 2. The maximum absolute atomic E-state index is 13.2. The van der Waals surface area contributed by atoms with Gasteiger partial charge in [-0.15, -0.1) is 0 Å². The number of halogens is 2. The van der Waals surface area contributed by atoms with Gasteiger partial charge in [0.2, 0.25) is 5.95 Å². The summed E-state index contributed by atoms with van der Waals surface area (Å²) < 4.78 is 5.41. The monoisotopic (exact) mass is 557 g/mol. The first kappa shape index (κ1) is 26.8. The van der Waals surface area contributed by atoms with Gasteiger partial charge in [0.1, 0.15) is 6.23 Å². The van der Waals surface area contributed by atoms with Crippen LogP contribution in [-0.2, 0) is 11.3 Å². The number of β-amino-alcohol motifs (C(OH)–C–C–N with tert-alkyl or cyclic N) is 1. The fraction of sp³-hybridized carbons (Fsp3) is 0.370. The van der Waals surface area contributed by atoms with E-state index in [2.05, 4.69) is 20.6 Å². The SMILES string of the molecule is O=C1c2cc(-c3nc(NC4CCOCC4)ncc3Cl)ccc2CN1CC(O)N[C@H](CO)c1cccc(Cl)c1. The van der Waals surface area contributed by atoms with Crippen molar-refractivity contribution in [2.45, 2.75) is 37.7 Å². The summed E-state index contributed by atoms with van der Waals surface area (Å²) in [6.45, 7) is 1.58. The van der Waals surface area contributed by atoms with E-state index in [1.807, 2.05) is 18.2 Å². The van der Waals surface area contributed by atoms with E-state index in [1.54, 1.807) is 35.4 Å². The molecule has 2 aliphatic heterocycles. The lowest BCUT2D eigenvalue weighted by Crippen LogP contribution is -2.43. The largest absolute Gasteiger partial charge is 0.394 e. The highest BCUT2D eigenvalue weighted by molar-refractivity contribution is 6.33. The third-order valence-corrected chi connectivity index (χ3v) is 7.29. The number of aliphatic hydroxyl groups excluding tert-OH is 2. The van der Waals surface area contributed by atoms with Gasteiger partial charge in [0.15, 0.2) is 0 Å². The predicted octanol–water partition coefficient (Wildman–Crippen LogP) is 3.64. The molecular formula is C27H29Cl2N5O4. The van der Waals surface area contributed by atoms with Crippen LogP contribution >= 0.6 is 23.2 Å². The highest BCUT2D eigenvalue weighted by Crippen LogP contribution is 2.32. The van der Waals surface area contributed by atoms with Gasteiger partial charge in [-0.1, -0.05) is 47.5 Å². The first-order valence-electron chi connectivity index (χ1n) is 12.5. The molecule has 4 N–H and O–H groups in total. The number of carbonyl (C=O) groups excluding carboxylic acids is 1. The van der Waals surface area contributed by atoms with E-state index in [9.17, 15) is 15.0 Å². The summed E-state index contributed by atoms with van der Waals surface area (Å²) in [5.41, 5.74) is 3.38. The molecule has 3 aromatic rings. The molecule has 2 aliphatic rings. The third kappa shape index (κ3) is 6.09. The number of ether oxygens (including phenoxy) is 1. The van der Waals surface area contributed by atoms with Crippen molar-refractivity contribution < 1.29 is 19.7 Å². The summed E-state index contributed by atoms with van der Waals surface area (Å²) in [5.74, 6) is 0.286. The zero-order valence-corrected chi connectivity index (χ0v) is 22.1. The van der Waals surface area contributed by atoms with Crippen molar-refractivity contribution in [1.82, 2.24) is 20.2 Å². The first-order valence-corrected chi connectivity index (χ1v) is 13.3. The van der Waals surface area contributed by atoms with E-state index in [0.29, 0.717) is 52.6 Å². The summed E-state index contributed by atoms with van der Waals surface area (Å²) in [4.78, 5) is 23.7. The Morgan fingerprint density at radius 3 is 2.74 bits per heavy atom. The van der Waals surface area contributed by atoms with Crippen LogP contribution < -0.4 is 10.6 Å². The number of aliphatic hydroxyl groups is 2. The summed E-state index contributed by atoms with van der Waals surface area (Å²) >= 11 is 12.5. The average molecular weight is 558 g/mol. The van der Waals surface area contributed by atoms with E-state index in [0.717, 1.165) is 24.0 Å². The van der Waals surface area contributed by atoms with Crippen molar-refractivity contribution in [3.63, 3.8) is 0 Å².